The summed E-state index contributed by atoms with van der Waals surface area (Å²) in [6.07, 6.45) is 0. The number of benzene rings is 2. The Labute approximate surface area is 172 Å². The summed E-state index contributed by atoms with van der Waals surface area (Å²) in [4.78, 5) is 0. The van der Waals surface area contributed by atoms with E-state index in [1.807, 2.05) is 43.3 Å². The summed E-state index contributed by atoms with van der Waals surface area (Å²) < 4.78 is 10.1. The molecule has 2 rings (SSSR count). The van der Waals surface area contributed by atoms with Crippen molar-refractivity contribution in [2.24, 2.45) is 0 Å². The Morgan fingerprint density at radius 3 is 1.91 bits per heavy atom. The maximum absolute atomic E-state index is 8.58. The van der Waals surface area contributed by atoms with Gasteiger partial charge in [-0.1, -0.05) is 15.9 Å². The van der Waals surface area contributed by atoms with Gasteiger partial charge in [-0.15, -0.1) is 0 Å². The van der Waals surface area contributed by atoms with Crippen molar-refractivity contribution in [2.75, 3.05) is 0 Å². The van der Waals surface area contributed by atoms with E-state index in [2.05, 4.69) is 81.0 Å². The summed E-state index contributed by atoms with van der Waals surface area (Å²) in [6, 6.07) is 15.5. The first-order chi connectivity index (χ1) is 11.0. The fourth-order valence-corrected chi connectivity index (χ4v) is 3.31. The second-order valence-corrected chi connectivity index (χ2v) is 7.01. The molecule has 0 aromatic heterocycles. The molecule has 23 heavy (non-hydrogen) atoms. The molecule has 2 aromatic carbocycles. The molecule has 0 saturated heterocycles. The summed E-state index contributed by atoms with van der Waals surface area (Å²) in [5.74, 6) is 0. The molecule has 0 fully saturated rings. The molecule has 0 spiro atoms. The quantitative estimate of drug-likeness (QED) is 0.266. The molecule has 0 aliphatic rings. The number of hydrogen-bond donors (Lipinski definition) is 0. The zero-order chi connectivity index (χ0) is 17.8. The van der Waals surface area contributed by atoms with Gasteiger partial charge in [0.1, 0.15) is 0 Å². The molecular weight excluding hydrogens is 581 g/mol. The van der Waals surface area contributed by atoms with Crippen molar-refractivity contribution in [3.8, 4) is 12.1 Å². The standard InChI is InChI=1S/C8H5BrIN.C8H6IN.BO/c9-4-7-3-6(5-11)1-2-8(7)10;1-6-4-7(5-10)2-3-8(6)9;1-2/h1-3H,4H2;2-4H,1H3;. The van der Waals surface area contributed by atoms with E-state index in [4.69, 9.17) is 15.2 Å². The number of hydrogen-bond acceptors (Lipinski definition) is 3. The van der Waals surface area contributed by atoms with Crippen LogP contribution in [0.15, 0.2) is 36.4 Å². The van der Waals surface area contributed by atoms with Crippen LogP contribution >= 0.6 is 61.1 Å². The molecule has 0 unspecified atom stereocenters. The number of halogens is 3. The first-order valence-electron chi connectivity index (χ1n) is 6.16. The van der Waals surface area contributed by atoms with Crippen LogP contribution in [0.3, 0.4) is 0 Å². The minimum absolute atomic E-state index is 0.722. The van der Waals surface area contributed by atoms with E-state index < -0.39 is 0 Å². The predicted molar refractivity (Wildman–Crippen MR) is 112 cm³/mol. The van der Waals surface area contributed by atoms with Gasteiger partial charge < -0.3 is 0 Å². The van der Waals surface area contributed by atoms with Gasteiger partial charge in [-0.05, 0) is 99.6 Å². The van der Waals surface area contributed by atoms with Gasteiger partial charge in [-0.3, -0.25) is 0 Å². The Balaban J connectivity index is 0.000000381. The van der Waals surface area contributed by atoms with E-state index >= 15 is 0 Å². The SMILES string of the molecule is Cc1cc(C#N)ccc1I.N#Cc1ccc(I)c(CBr)c1.[B]=O. The van der Waals surface area contributed by atoms with Crippen molar-refractivity contribution in [3.05, 3.63) is 65.8 Å². The number of rotatable bonds is 1. The zero-order valence-electron chi connectivity index (χ0n) is 12.2. The van der Waals surface area contributed by atoms with Crippen LogP contribution in [0.4, 0.5) is 0 Å². The Morgan fingerprint density at radius 1 is 1.00 bits per heavy atom. The van der Waals surface area contributed by atoms with Crippen LogP contribution in [0.25, 0.3) is 0 Å². The van der Waals surface area contributed by atoms with Gasteiger partial charge in [0.05, 0.1) is 23.3 Å². The van der Waals surface area contributed by atoms with Crippen LogP contribution in [-0.2, 0) is 10.0 Å². The first-order valence-corrected chi connectivity index (χ1v) is 9.44. The van der Waals surface area contributed by atoms with E-state index in [1.165, 1.54) is 18.3 Å². The van der Waals surface area contributed by atoms with Crippen LogP contribution in [0.1, 0.15) is 22.3 Å². The molecule has 7 heteroatoms. The van der Waals surface area contributed by atoms with Gasteiger partial charge in [-0.25, -0.2) is 0 Å². The van der Waals surface area contributed by atoms with Crippen LogP contribution in [0.5, 0.6) is 0 Å². The van der Waals surface area contributed by atoms with E-state index in [9.17, 15) is 0 Å². The minimum atomic E-state index is 0.722. The third-order valence-electron chi connectivity index (χ3n) is 2.61. The van der Waals surface area contributed by atoms with E-state index in [1.54, 1.807) is 0 Å². The average Bonchev–Trinajstić information content (AvgIpc) is 2.60. The van der Waals surface area contributed by atoms with Crippen LogP contribution in [0, 0.1) is 36.7 Å². The number of nitriles is 2. The van der Waals surface area contributed by atoms with Gasteiger partial charge in [0, 0.05) is 12.5 Å². The van der Waals surface area contributed by atoms with E-state index in [0.717, 1.165) is 16.5 Å². The molecule has 0 saturated carbocycles. The topological polar surface area (TPSA) is 64.7 Å². The number of alkyl halides is 1. The van der Waals surface area contributed by atoms with Gasteiger partial charge in [0.25, 0.3) is 0 Å². The van der Waals surface area contributed by atoms with Crippen LogP contribution < -0.4 is 0 Å². The van der Waals surface area contributed by atoms with E-state index in [-0.39, 0.29) is 0 Å². The number of aryl methyl sites for hydroxylation is 1. The molecule has 0 atom stereocenters. The van der Waals surface area contributed by atoms with Crippen LogP contribution in [0.2, 0.25) is 0 Å². The van der Waals surface area contributed by atoms with Crippen molar-refractivity contribution < 1.29 is 4.70 Å². The maximum atomic E-state index is 8.58. The van der Waals surface area contributed by atoms with Crippen molar-refractivity contribution in [3.63, 3.8) is 0 Å². The molecule has 0 bridgehead atoms. The Morgan fingerprint density at radius 2 is 1.48 bits per heavy atom. The average molecular weight is 592 g/mol. The van der Waals surface area contributed by atoms with Crippen molar-refractivity contribution in [2.45, 2.75) is 12.3 Å². The monoisotopic (exact) mass is 591 g/mol. The molecule has 0 heterocycles. The third-order valence-corrected chi connectivity index (χ3v) is 5.47. The second kappa shape index (κ2) is 12.6. The zero-order valence-corrected chi connectivity index (χ0v) is 18.1. The van der Waals surface area contributed by atoms with Gasteiger partial charge >= 0.3 is 12.4 Å². The third kappa shape index (κ3) is 8.05. The van der Waals surface area contributed by atoms with Crippen molar-refractivity contribution in [1.29, 1.82) is 10.5 Å². The summed E-state index contributed by atoms with van der Waals surface area (Å²) in [7, 11) is 3.25. The molecule has 2 aromatic rings. The Hall–Kier alpha value is -0.775. The van der Waals surface area contributed by atoms with Gasteiger partial charge in [0.15, 0.2) is 0 Å². The van der Waals surface area contributed by atoms with Gasteiger partial charge in [-0.2, -0.15) is 10.5 Å². The predicted octanol–water partition coefficient (Wildman–Crippen LogP) is 5.03. The summed E-state index contributed by atoms with van der Waals surface area (Å²) in [5.41, 5.74) is 3.79. The Kier molecular flexibility index (Phi) is 12.2. The first kappa shape index (κ1) is 22.2. The molecule has 1 radical (unpaired) electrons. The Bertz CT molecular complexity index is 742. The normalized spacial score (nSPS) is 8.39. The summed E-state index contributed by atoms with van der Waals surface area (Å²) >= 11 is 7.86. The molecular formula is C16H11BBrI2N2O. The van der Waals surface area contributed by atoms with Crippen molar-refractivity contribution in [1.82, 2.24) is 0 Å². The van der Waals surface area contributed by atoms with Gasteiger partial charge in [0.2, 0.25) is 0 Å². The van der Waals surface area contributed by atoms with E-state index in [0.29, 0.717) is 0 Å². The molecule has 0 amide bonds. The summed E-state index contributed by atoms with van der Waals surface area (Å²) in [6.45, 7) is 2.00. The fourth-order valence-electron chi connectivity index (χ4n) is 1.46. The molecule has 3 nitrogen and oxygen atoms in total. The van der Waals surface area contributed by atoms with Crippen LogP contribution in [-0.4, -0.2) is 7.72 Å². The molecule has 0 aliphatic carbocycles. The van der Waals surface area contributed by atoms with Crippen molar-refractivity contribution >= 4 is 68.8 Å². The number of nitrogens with zero attached hydrogens (tertiary/aromatic N) is 2. The molecule has 0 N–H and O–H groups in total. The molecule has 0 aliphatic heterocycles. The summed E-state index contributed by atoms with van der Waals surface area (Å²) in [5, 5.41) is 17.9. The second-order valence-electron chi connectivity index (χ2n) is 4.13. The fraction of sp³-hybridized carbons (Fsp3) is 0.125. The molecule has 115 valence electrons.